The van der Waals surface area contributed by atoms with Crippen LogP contribution in [0.5, 0.6) is 0 Å². The minimum absolute atomic E-state index is 0.320. The lowest BCUT2D eigenvalue weighted by Gasteiger charge is -2.14. The summed E-state index contributed by atoms with van der Waals surface area (Å²) in [6.45, 7) is 6.20. The summed E-state index contributed by atoms with van der Waals surface area (Å²) < 4.78 is 10.1. The van der Waals surface area contributed by atoms with Crippen molar-refractivity contribution in [2.45, 2.75) is 25.9 Å². The van der Waals surface area contributed by atoms with Crippen molar-refractivity contribution in [3.63, 3.8) is 0 Å². The Morgan fingerprint density at radius 2 is 1.84 bits per heavy atom. The Kier molecular flexibility index (Phi) is 7.48. The maximum Gasteiger partial charge on any atom is 0.0945 e. The largest absolute Gasteiger partial charge is 0.389 e. The first-order valence-electron chi connectivity index (χ1n) is 6.72. The molecule has 1 rings (SSSR count). The highest BCUT2D eigenvalue weighted by Crippen LogP contribution is 2.16. The summed E-state index contributed by atoms with van der Waals surface area (Å²) in [5, 5.41) is 12.9. The van der Waals surface area contributed by atoms with Gasteiger partial charge in [0, 0.05) is 19.3 Å². The van der Waals surface area contributed by atoms with E-state index in [2.05, 4.69) is 31.3 Å². The molecule has 1 atom stereocenters. The lowest BCUT2D eigenvalue weighted by Crippen LogP contribution is -2.25. The molecule has 0 aliphatic carbocycles. The molecule has 1 aromatic rings. The van der Waals surface area contributed by atoms with E-state index < -0.39 is 6.10 Å². The molecule has 1 unspecified atom stereocenters. The molecule has 0 spiro atoms. The maximum atomic E-state index is 9.72. The van der Waals surface area contributed by atoms with Crippen LogP contribution in [0.1, 0.15) is 25.3 Å². The van der Waals surface area contributed by atoms with Crippen LogP contribution in [0.2, 0.25) is 0 Å². The Balaban J connectivity index is 2.24. The molecule has 0 aromatic heterocycles. The number of rotatable bonds is 9. The monoisotopic (exact) mass is 267 g/mol. The quantitative estimate of drug-likeness (QED) is 0.674. The van der Waals surface area contributed by atoms with E-state index in [-0.39, 0.29) is 0 Å². The van der Waals surface area contributed by atoms with Crippen molar-refractivity contribution in [2.75, 3.05) is 38.8 Å². The van der Waals surface area contributed by atoms with Crippen molar-refractivity contribution in [3.8, 4) is 0 Å². The van der Waals surface area contributed by atoms with Gasteiger partial charge in [0.15, 0.2) is 0 Å². The van der Waals surface area contributed by atoms with Gasteiger partial charge in [0.25, 0.3) is 0 Å². The van der Waals surface area contributed by atoms with Gasteiger partial charge in [0.1, 0.15) is 0 Å². The number of nitrogens with one attached hydrogen (secondary N) is 1. The van der Waals surface area contributed by atoms with E-state index in [1.165, 1.54) is 5.56 Å². The van der Waals surface area contributed by atoms with E-state index in [9.17, 15) is 5.11 Å². The minimum Gasteiger partial charge on any atom is -0.389 e. The van der Waals surface area contributed by atoms with Crippen molar-refractivity contribution in [2.24, 2.45) is 0 Å². The van der Waals surface area contributed by atoms with Crippen LogP contribution in [0.25, 0.3) is 0 Å². The molecule has 0 aliphatic heterocycles. The second-order valence-electron chi connectivity index (χ2n) is 4.88. The van der Waals surface area contributed by atoms with E-state index in [1.807, 2.05) is 12.1 Å². The molecule has 0 saturated carbocycles. The third-order valence-electron chi connectivity index (χ3n) is 2.86. The lowest BCUT2D eigenvalue weighted by molar-refractivity contribution is 0.0182. The van der Waals surface area contributed by atoms with E-state index in [0.717, 1.165) is 5.69 Å². The second-order valence-corrected chi connectivity index (χ2v) is 4.88. The lowest BCUT2D eigenvalue weighted by atomic mass is 10.0. The Morgan fingerprint density at radius 1 is 1.16 bits per heavy atom. The zero-order chi connectivity index (χ0) is 14.1. The van der Waals surface area contributed by atoms with Gasteiger partial charge in [-0.3, -0.25) is 0 Å². The first-order valence-corrected chi connectivity index (χ1v) is 6.72. The molecule has 4 heteroatoms. The van der Waals surface area contributed by atoms with Gasteiger partial charge in [0.05, 0.1) is 25.9 Å². The fourth-order valence-corrected chi connectivity index (χ4v) is 1.64. The molecule has 19 heavy (non-hydrogen) atoms. The number of benzene rings is 1. The highest BCUT2D eigenvalue weighted by atomic mass is 16.5. The van der Waals surface area contributed by atoms with Crippen LogP contribution in [0.3, 0.4) is 0 Å². The normalized spacial score (nSPS) is 12.7. The van der Waals surface area contributed by atoms with Gasteiger partial charge in [0.2, 0.25) is 0 Å². The molecule has 0 fully saturated rings. The van der Waals surface area contributed by atoms with Gasteiger partial charge in [-0.2, -0.15) is 0 Å². The molecule has 108 valence electrons. The van der Waals surface area contributed by atoms with E-state index in [0.29, 0.717) is 32.3 Å². The standard InChI is InChI=1S/C15H25NO3/c1-12(2)13-4-6-14(7-5-13)16-10-15(17)11-19-9-8-18-3/h4-7,12,15-17H,8-11H2,1-3H3. The molecule has 0 heterocycles. The Morgan fingerprint density at radius 3 is 2.42 bits per heavy atom. The predicted octanol–water partition coefficient (Wildman–Crippen LogP) is 2.25. The number of aliphatic hydroxyl groups excluding tert-OH is 1. The topological polar surface area (TPSA) is 50.7 Å². The van der Waals surface area contributed by atoms with Crippen LogP contribution >= 0.6 is 0 Å². The Labute approximate surface area is 115 Å². The number of methoxy groups -OCH3 is 1. The maximum absolute atomic E-state index is 9.72. The molecule has 0 aliphatic rings. The van der Waals surface area contributed by atoms with Gasteiger partial charge in [-0.1, -0.05) is 26.0 Å². The predicted molar refractivity (Wildman–Crippen MR) is 77.7 cm³/mol. The molecule has 0 bridgehead atoms. The van der Waals surface area contributed by atoms with Crippen molar-refractivity contribution in [1.82, 2.24) is 0 Å². The molecule has 2 N–H and O–H groups in total. The number of hydrogen-bond acceptors (Lipinski definition) is 4. The number of hydrogen-bond donors (Lipinski definition) is 2. The van der Waals surface area contributed by atoms with Gasteiger partial charge < -0.3 is 19.9 Å². The van der Waals surface area contributed by atoms with Gasteiger partial charge >= 0.3 is 0 Å². The third kappa shape index (κ3) is 6.57. The van der Waals surface area contributed by atoms with Crippen LogP contribution < -0.4 is 5.32 Å². The summed E-state index contributed by atoms with van der Waals surface area (Å²) in [5.74, 6) is 0.536. The van der Waals surface area contributed by atoms with Gasteiger partial charge in [-0.05, 0) is 23.6 Å². The van der Waals surface area contributed by atoms with Crippen LogP contribution in [-0.2, 0) is 9.47 Å². The van der Waals surface area contributed by atoms with Crippen molar-refractivity contribution in [3.05, 3.63) is 29.8 Å². The molecular formula is C15H25NO3. The van der Waals surface area contributed by atoms with Gasteiger partial charge in [-0.15, -0.1) is 0 Å². The second kappa shape index (κ2) is 8.91. The SMILES string of the molecule is COCCOCC(O)CNc1ccc(C(C)C)cc1. The molecule has 0 amide bonds. The average molecular weight is 267 g/mol. The molecule has 0 saturated heterocycles. The van der Waals surface area contributed by atoms with Crippen molar-refractivity contribution in [1.29, 1.82) is 0 Å². The van der Waals surface area contributed by atoms with Crippen LogP contribution in [0.4, 0.5) is 5.69 Å². The summed E-state index contributed by atoms with van der Waals surface area (Å²) in [4.78, 5) is 0. The van der Waals surface area contributed by atoms with Crippen molar-refractivity contribution < 1.29 is 14.6 Å². The fraction of sp³-hybridized carbons (Fsp3) is 0.600. The smallest absolute Gasteiger partial charge is 0.0945 e. The zero-order valence-electron chi connectivity index (χ0n) is 12.1. The number of aliphatic hydroxyl groups is 1. The average Bonchev–Trinajstić information content (AvgIpc) is 2.42. The summed E-state index contributed by atoms with van der Waals surface area (Å²) in [5.41, 5.74) is 2.33. The van der Waals surface area contributed by atoms with Crippen LogP contribution in [0.15, 0.2) is 24.3 Å². The zero-order valence-corrected chi connectivity index (χ0v) is 12.1. The number of ether oxygens (including phenoxy) is 2. The first-order chi connectivity index (χ1) is 9.13. The summed E-state index contributed by atoms with van der Waals surface area (Å²) in [6.07, 6.45) is -0.512. The Hall–Kier alpha value is -1.10. The van der Waals surface area contributed by atoms with Crippen LogP contribution in [-0.4, -0.2) is 44.7 Å². The van der Waals surface area contributed by atoms with E-state index >= 15 is 0 Å². The molecular weight excluding hydrogens is 242 g/mol. The van der Waals surface area contributed by atoms with E-state index in [4.69, 9.17) is 9.47 Å². The van der Waals surface area contributed by atoms with Crippen molar-refractivity contribution >= 4 is 5.69 Å². The fourth-order valence-electron chi connectivity index (χ4n) is 1.64. The molecule has 0 radical (unpaired) electrons. The third-order valence-corrected chi connectivity index (χ3v) is 2.86. The molecule has 1 aromatic carbocycles. The Bertz CT molecular complexity index is 338. The summed E-state index contributed by atoms with van der Waals surface area (Å²) >= 11 is 0. The van der Waals surface area contributed by atoms with Crippen LogP contribution in [0, 0.1) is 0 Å². The highest BCUT2D eigenvalue weighted by molar-refractivity contribution is 5.45. The molecule has 4 nitrogen and oxygen atoms in total. The highest BCUT2D eigenvalue weighted by Gasteiger charge is 2.04. The summed E-state index contributed by atoms with van der Waals surface area (Å²) in [6, 6.07) is 8.28. The van der Waals surface area contributed by atoms with E-state index in [1.54, 1.807) is 7.11 Å². The first kappa shape index (κ1) is 16.0. The minimum atomic E-state index is -0.512. The summed E-state index contributed by atoms with van der Waals surface area (Å²) in [7, 11) is 1.63. The number of anilines is 1. The van der Waals surface area contributed by atoms with Gasteiger partial charge in [-0.25, -0.2) is 0 Å².